The normalized spacial score (nSPS) is 13.5. The predicted octanol–water partition coefficient (Wildman–Crippen LogP) is 2.59. The summed E-state index contributed by atoms with van der Waals surface area (Å²) in [7, 11) is 0. The van der Waals surface area contributed by atoms with E-state index in [1.807, 2.05) is 19.9 Å². The van der Waals surface area contributed by atoms with Crippen molar-refractivity contribution in [2.75, 3.05) is 5.73 Å². The molecule has 2 atom stereocenters. The SMILES string of the molecule is Cc1ccc(N)c(C(=O)NC(C)CCCC(C)C(=O)O)c1. The Morgan fingerprint density at radius 2 is 1.95 bits per heavy atom. The standard InChI is InChI=1S/C16H24N2O3/c1-10-7-8-14(17)13(9-10)15(19)18-12(3)6-4-5-11(2)16(20)21/h7-9,11-12H,4-6,17H2,1-3H3,(H,18,19)(H,20,21). The minimum absolute atomic E-state index is 0.0154. The highest BCUT2D eigenvalue weighted by Crippen LogP contribution is 2.15. The number of nitrogens with one attached hydrogen (secondary N) is 1. The van der Waals surface area contributed by atoms with Gasteiger partial charge in [0.15, 0.2) is 0 Å². The van der Waals surface area contributed by atoms with Gasteiger partial charge in [-0.1, -0.05) is 25.0 Å². The summed E-state index contributed by atoms with van der Waals surface area (Å²) in [6.45, 7) is 5.52. The number of aliphatic carboxylic acids is 1. The Balaban J connectivity index is 2.47. The van der Waals surface area contributed by atoms with Crippen LogP contribution in [0.25, 0.3) is 0 Å². The van der Waals surface area contributed by atoms with Gasteiger partial charge in [0.2, 0.25) is 0 Å². The highest BCUT2D eigenvalue weighted by molar-refractivity contribution is 5.99. The number of carbonyl (C=O) groups excluding carboxylic acids is 1. The molecule has 116 valence electrons. The van der Waals surface area contributed by atoms with Gasteiger partial charge < -0.3 is 16.2 Å². The van der Waals surface area contributed by atoms with Crippen molar-refractivity contribution in [1.29, 1.82) is 0 Å². The summed E-state index contributed by atoms with van der Waals surface area (Å²) in [5.41, 5.74) is 7.75. The van der Waals surface area contributed by atoms with Crippen LogP contribution in [0.4, 0.5) is 5.69 Å². The van der Waals surface area contributed by atoms with Gasteiger partial charge in [0.05, 0.1) is 11.5 Å². The zero-order valence-corrected chi connectivity index (χ0v) is 12.8. The Bertz CT molecular complexity index is 514. The number of carboxylic acids is 1. The molecule has 0 bridgehead atoms. The molecule has 0 aliphatic rings. The number of nitrogens with two attached hydrogens (primary N) is 1. The van der Waals surface area contributed by atoms with Crippen LogP contribution in [0.15, 0.2) is 18.2 Å². The van der Waals surface area contributed by atoms with Crippen LogP contribution in [-0.2, 0) is 4.79 Å². The van der Waals surface area contributed by atoms with Gasteiger partial charge in [-0.3, -0.25) is 9.59 Å². The first-order valence-electron chi connectivity index (χ1n) is 7.21. The molecule has 1 aromatic rings. The maximum Gasteiger partial charge on any atom is 0.306 e. The van der Waals surface area contributed by atoms with Crippen LogP contribution in [0.3, 0.4) is 0 Å². The number of aryl methyl sites for hydroxylation is 1. The van der Waals surface area contributed by atoms with Gasteiger partial charge in [0.1, 0.15) is 0 Å². The van der Waals surface area contributed by atoms with Crippen molar-refractivity contribution in [2.24, 2.45) is 5.92 Å². The number of benzene rings is 1. The van der Waals surface area contributed by atoms with Crippen molar-refractivity contribution in [3.63, 3.8) is 0 Å². The van der Waals surface area contributed by atoms with E-state index in [0.717, 1.165) is 18.4 Å². The molecule has 4 N–H and O–H groups in total. The van der Waals surface area contributed by atoms with Gasteiger partial charge in [-0.15, -0.1) is 0 Å². The molecule has 1 rings (SSSR count). The van der Waals surface area contributed by atoms with E-state index in [1.165, 1.54) is 0 Å². The van der Waals surface area contributed by atoms with E-state index in [4.69, 9.17) is 10.8 Å². The quantitative estimate of drug-likeness (QED) is 0.673. The molecule has 1 amide bonds. The number of nitrogen functional groups attached to an aromatic ring is 1. The Kier molecular flexibility index (Phi) is 6.21. The van der Waals surface area contributed by atoms with Crippen molar-refractivity contribution >= 4 is 17.6 Å². The van der Waals surface area contributed by atoms with E-state index < -0.39 is 5.97 Å². The second-order valence-electron chi connectivity index (χ2n) is 5.64. The zero-order valence-electron chi connectivity index (χ0n) is 12.8. The molecule has 2 unspecified atom stereocenters. The molecule has 21 heavy (non-hydrogen) atoms. The molecule has 5 heteroatoms. The van der Waals surface area contributed by atoms with Crippen LogP contribution in [0.2, 0.25) is 0 Å². The number of hydrogen-bond donors (Lipinski definition) is 3. The maximum absolute atomic E-state index is 12.1. The molecular weight excluding hydrogens is 268 g/mol. The monoisotopic (exact) mass is 292 g/mol. The van der Waals surface area contributed by atoms with E-state index >= 15 is 0 Å². The minimum Gasteiger partial charge on any atom is -0.481 e. The lowest BCUT2D eigenvalue weighted by atomic mass is 10.0. The summed E-state index contributed by atoms with van der Waals surface area (Å²) in [5.74, 6) is -1.31. The fourth-order valence-corrected chi connectivity index (χ4v) is 2.09. The number of rotatable bonds is 7. The molecule has 1 aromatic carbocycles. The van der Waals surface area contributed by atoms with E-state index in [0.29, 0.717) is 17.7 Å². The third-order valence-corrected chi connectivity index (χ3v) is 3.53. The fraction of sp³-hybridized carbons (Fsp3) is 0.500. The van der Waals surface area contributed by atoms with Gasteiger partial charge >= 0.3 is 5.97 Å². The number of anilines is 1. The number of amides is 1. The number of carboxylic acid groups (broad SMARTS) is 1. The van der Waals surface area contributed by atoms with Gasteiger partial charge in [-0.25, -0.2) is 0 Å². The molecule has 0 heterocycles. The average molecular weight is 292 g/mol. The summed E-state index contributed by atoms with van der Waals surface area (Å²) in [5, 5.41) is 11.7. The molecule has 0 saturated carbocycles. The average Bonchev–Trinajstić information content (AvgIpc) is 2.41. The molecule has 0 saturated heterocycles. The second kappa shape index (κ2) is 7.67. The van der Waals surface area contributed by atoms with Gasteiger partial charge in [-0.2, -0.15) is 0 Å². The van der Waals surface area contributed by atoms with Crippen LogP contribution in [0.5, 0.6) is 0 Å². The maximum atomic E-state index is 12.1. The minimum atomic E-state index is -0.778. The van der Waals surface area contributed by atoms with Crippen LogP contribution >= 0.6 is 0 Å². The van der Waals surface area contributed by atoms with Crippen LogP contribution in [0.1, 0.15) is 49.0 Å². The van der Waals surface area contributed by atoms with Crippen molar-refractivity contribution < 1.29 is 14.7 Å². The molecule has 5 nitrogen and oxygen atoms in total. The Hall–Kier alpha value is -2.04. The van der Waals surface area contributed by atoms with E-state index in [2.05, 4.69) is 5.32 Å². The highest BCUT2D eigenvalue weighted by atomic mass is 16.4. The van der Waals surface area contributed by atoms with Crippen molar-refractivity contribution in [3.8, 4) is 0 Å². The van der Waals surface area contributed by atoms with Gasteiger partial charge in [0.25, 0.3) is 5.91 Å². The lowest BCUT2D eigenvalue weighted by Crippen LogP contribution is -2.33. The first-order valence-corrected chi connectivity index (χ1v) is 7.21. The second-order valence-corrected chi connectivity index (χ2v) is 5.64. The van der Waals surface area contributed by atoms with Crippen molar-refractivity contribution in [1.82, 2.24) is 5.32 Å². The molecule has 0 radical (unpaired) electrons. The molecule has 0 aromatic heterocycles. The number of hydrogen-bond acceptors (Lipinski definition) is 3. The van der Waals surface area contributed by atoms with Crippen molar-refractivity contribution in [2.45, 2.75) is 46.1 Å². The molecule has 0 fully saturated rings. The van der Waals surface area contributed by atoms with Crippen LogP contribution < -0.4 is 11.1 Å². The van der Waals surface area contributed by atoms with E-state index in [-0.39, 0.29) is 17.9 Å². The highest BCUT2D eigenvalue weighted by Gasteiger charge is 2.14. The van der Waals surface area contributed by atoms with E-state index in [9.17, 15) is 9.59 Å². The molecule has 0 spiro atoms. The first kappa shape index (κ1) is 17.0. The molecule has 0 aliphatic heterocycles. The summed E-state index contributed by atoms with van der Waals surface area (Å²) in [6, 6.07) is 5.34. The Morgan fingerprint density at radius 3 is 2.57 bits per heavy atom. The Labute approximate surface area is 125 Å². The number of carbonyl (C=O) groups is 2. The van der Waals surface area contributed by atoms with Crippen molar-refractivity contribution in [3.05, 3.63) is 29.3 Å². The zero-order chi connectivity index (χ0) is 16.0. The lowest BCUT2D eigenvalue weighted by Gasteiger charge is -2.15. The largest absolute Gasteiger partial charge is 0.481 e. The fourth-order valence-electron chi connectivity index (χ4n) is 2.09. The smallest absolute Gasteiger partial charge is 0.306 e. The summed E-state index contributed by atoms with van der Waals surface area (Å²) >= 11 is 0. The summed E-state index contributed by atoms with van der Waals surface area (Å²) in [6.07, 6.45) is 2.12. The van der Waals surface area contributed by atoms with Crippen LogP contribution in [0, 0.1) is 12.8 Å². The first-order chi connectivity index (χ1) is 9.81. The Morgan fingerprint density at radius 1 is 1.29 bits per heavy atom. The predicted molar refractivity (Wildman–Crippen MR) is 83.2 cm³/mol. The summed E-state index contributed by atoms with van der Waals surface area (Å²) in [4.78, 5) is 22.9. The lowest BCUT2D eigenvalue weighted by molar-refractivity contribution is -0.141. The summed E-state index contributed by atoms with van der Waals surface area (Å²) < 4.78 is 0. The third-order valence-electron chi connectivity index (χ3n) is 3.53. The van der Waals surface area contributed by atoms with Gasteiger partial charge in [0, 0.05) is 11.7 Å². The topological polar surface area (TPSA) is 92.4 Å². The van der Waals surface area contributed by atoms with E-state index in [1.54, 1.807) is 19.1 Å². The van der Waals surface area contributed by atoms with Crippen LogP contribution in [-0.4, -0.2) is 23.0 Å². The molecular formula is C16H24N2O3. The van der Waals surface area contributed by atoms with Gasteiger partial charge in [-0.05, 0) is 38.8 Å². The third kappa shape index (κ3) is 5.45. The molecule has 0 aliphatic carbocycles.